The highest BCUT2D eigenvalue weighted by molar-refractivity contribution is 6.10. The molecule has 0 aliphatic heterocycles. The Morgan fingerprint density at radius 1 is 0.740 bits per heavy atom. The Labute approximate surface area is 291 Å². The maximum absolute atomic E-state index is 13.3. The number of aryl methyl sites for hydroxylation is 3. The number of hydrogen-bond acceptors (Lipinski definition) is 9. The molecule has 0 amide bonds. The van der Waals surface area contributed by atoms with Crippen LogP contribution in [0.1, 0.15) is 49.4 Å². The normalized spacial score (nSPS) is 11.1. The van der Waals surface area contributed by atoms with E-state index in [1.54, 1.807) is 60.8 Å². The third kappa shape index (κ3) is 9.07. The van der Waals surface area contributed by atoms with Gasteiger partial charge in [0.05, 0.1) is 30.6 Å². The number of ketones is 1. The zero-order valence-electron chi connectivity index (χ0n) is 28.6. The first kappa shape index (κ1) is 36.1. The summed E-state index contributed by atoms with van der Waals surface area (Å²) < 4.78 is 12.2. The predicted octanol–water partition coefficient (Wildman–Crippen LogP) is 5.77. The van der Waals surface area contributed by atoms with Crippen molar-refractivity contribution in [2.75, 3.05) is 27.2 Å². The fourth-order valence-corrected chi connectivity index (χ4v) is 5.36. The fourth-order valence-electron chi connectivity index (χ4n) is 5.36. The Morgan fingerprint density at radius 2 is 1.34 bits per heavy atom. The summed E-state index contributed by atoms with van der Waals surface area (Å²) in [5, 5.41) is 27.3. The molecule has 0 saturated heterocycles. The van der Waals surface area contributed by atoms with E-state index < -0.39 is 0 Å². The molecule has 0 aliphatic carbocycles. The van der Waals surface area contributed by atoms with Crippen LogP contribution < -0.4 is 10.2 Å². The van der Waals surface area contributed by atoms with Gasteiger partial charge in [-0.25, -0.2) is 0 Å². The predicted molar refractivity (Wildman–Crippen MR) is 195 cm³/mol. The van der Waals surface area contributed by atoms with Crippen LogP contribution >= 0.6 is 0 Å². The van der Waals surface area contributed by atoms with Crippen LogP contribution in [-0.4, -0.2) is 58.2 Å². The van der Waals surface area contributed by atoms with Crippen molar-refractivity contribution in [1.82, 2.24) is 9.88 Å². The Kier molecular flexibility index (Phi) is 12.2. The van der Waals surface area contributed by atoms with E-state index in [0.717, 1.165) is 52.9 Å². The Balaban J connectivity index is 0.000000418. The van der Waals surface area contributed by atoms with Gasteiger partial charge in [-0.2, -0.15) is 0 Å². The van der Waals surface area contributed by atoms with Crippen molar-refractivity contribution in [3.63, 3.8) is 0 Å². The topological polar surface area (TPSA) is 133 Å². The van der Waals surface area contributed by atoms with E-state index in [1.807, 2.05) is 62.3 Å². The highest BCUT2D eigenvalue weighted by atomic mass is 16.5. The second-order valence-corrected chi connectivity index (χ2v) is 12.4. The number of hydrogen-bond donors (Lipinski definition) is 3. The number of benzene rings is 4. The summed E-state index contributed by atoms with van der Waals surface area (Å²) >= 11 is 0. The molecule has 9 nitrogen and oxygen atoms in total. The minimum Gasteiger partial charge on any atom is -0.488 e. The minimum absolute atomic E-state index is 0.0312. The summed E-state index contributed by atoms with van der Waals surface area (Å²) in [5.74, 6) is 0.311. The van der Waals surface area contributed by atoms with Crippen LogP contribution in [0.2, 0.25) is 0 Å². The number of aliphatic hydroxyl groups is 3. The quantitative estimate of drug-likeness (QED) is 0.109. The molecule has 6 rings (SSSR count). The number of likely N-dealkylation sites (N-methyl/N-ethyl adjacent to an activating group) is 1. The van der Waals surface area contributed by atoms with Crippen molar-refractivity contribution >= 4 is 27.7 Å². The Morgan fingerprint density at radius 3 is 1.90 bits per heavy atom. The Hall–Kier alpha value is -5.19. The number of aliphatic hydroxyl groups excluding tert-OH is 3. The van der Waals surface area contributed by atoms with Gasteiger partial charge in [0, 0.05) is 29.6 Å². The number of rotatable bonds is 12. The summed E-state index contributed by atoms with van der Waals surface area (Å²) in [6.07, 6.45) is 3.14. The number of ether oxygens (including phenoxy) is 1. The summed E-state index contributed by atoms with van der Waals surface area (Å²) in [6, 6.07) is 27.3. The second-order valence-electron chi connectivity index (χ2n) is 12.4. The van der Waals surface area contributed by atoms with E-state index in [-0.39, 0.29) is 31.0 Å². The van der Waals surface area contributed by atoms with Crippen molar-refractivity contribution in [3.05, 3.63) is 152 Å². The van der Waals surface area contributed by atoms with Crippen molar-refractivity contribution in [2.24, 2.45) is 0 Å². The highest BCUT2D eigenvalue weighted by Crippen LogP contribution is 2.29. The smallest absolute Gasteiger partial charge is 0.200 e. The molecule has 0 saturated carbocycles. The number of nitrogens with zero attached hydrogens (tertiary/aromatic N) is 2. The molecule has 0 radical (unpaired) electrons. The van der Waals surface area contributed by atoms with E-state index >= 15 is 0 Å². The average molecular weight is 675 g/mol. The van der Waals surface area contributed by atoms with Crippen LogP contribution in [0.5, 0.6) is 5.75 Å². The molecule has 0 bridgehead atoms. The third-order valence-corrected chi connectivity index (χ3v) is 8.29. The van der Waals surface area contributed by atoms with E-state index in [0.29, 0.717) is 45.4 Å². The molecule has 258 valence electrons. The molecule has 0 spiro atoms. The molecule has 50 heavy (non-hydrogen) atoms. The van der Waals surface area contributed by atoms with Gasteiger partial charge in [0.2, 0.25) is 5.43 Å². The lowest BCUT2D eigenvalue weighted by molar-refractivity contribution is 0.103. The van der Waals surface area contributed by atoms with Crippen molar-refractivity contribution in [2.45, 2.75) is 39.6 Å². The van der Waals surface area contributed by atoms with Crippen molar-refractivity contribution < 1.29 is 29.3 Å². The number of carbonyl (C=O) groups excluding carboxylic acids is 1. The summed E-state index contributed by atoms with van der Waals surface area (Å²) in [5.41, 5.74) is 7.00. The van der Waals surface area contributed by atoms with Crippen LogP contribution in [0.4, 0.5) is 0 Å². The van der Waals surface area contributed by atoms with E-state index in [4.69, 9.17) is 19.4 Å². The van der Waals surface area contributed by atoms with E-state index in [2.05, 4.69) is 4.98 Å². The van der Waals surface area contributed by atoms with Crippen molar-refractivity contribution in [1.29, 1.82) is 0 Å². The highest BCUT2D eigenvalue weighted by Gasteiger charge is 2.17. The lowest BCUT2D eigenvalue weighted by atomic mass is 10.0. The molecule has 3 N–H and O–H groups in total. The molecule has 0 unspecified atom stereocenters. The van der Waals surface area contributed by atoms with E-state index in [9.17, 15) is 14.7 Å². The number of pyridine rings is 1. The largest absolute Gasteiger partial charge is 0.488 e. The number of fused-ring (bicyclic) bond motifs is 2. The lowest BCUT2D eigenvalue weighted by Crippen LogP contribution is -2.19. The van der Waals surface area contributed by atoms with Gasteiger partial charge in [0.1, 0.15) is 12.2 Å². The SMILES string of the molecule is Cc1cc(OCCN(C)C)c2oc3cc(C(=O)c4ccc(CCc5ccc(CO)cc5)nc4)ccc3c(=O)c2c1.OCc1ccc(CO)cc1. The molecule has 4 aromatic carbocycles. The van der Waals surface area contributed by atoms with Gasteiger partial charge in [-0.15, -0.1) is 0 Å². The van der Waals surface area contributed by atoms with Crippen LogP contribution in [0.25, 0.3) is 21.9 Å². The zero-order valence-corrected chi connectivity index (χ0v) is 28.6. The number of carbonyl (C=O) groups is 1. The lowest BCUT2D eigenvalue weighted by Gasteiger charge is -2.13. The monoisotopic (exact) mass is 674 g/mol. The van der Waals surface area contributed by atoms with Gasteiger partial charge >= 0.3 is 0 Å². The molecule has 2 heterocycles. The van der Waals surface area contributed by atoms with E-state index in [1.165, 1.54) is 0 Å². The second kappa shape index (κ2) is 17.0. The molecule has 6 aromatic rings. The van der Waals surface area contributed by atoms with Crippen LogP contribution in [-0.2, 0) is 32.7 Å². The van der Waals surface area contributed by atoms with Gasteiger partial charge < -0.3 is 29.4 Å². The van der Waals surface area contributed by atoms with Gasteiger partial charge in [-0.1, -0.05) is 54.6 Å². The van der Waals surface area contributed by atoms with Crippen molar-refractivity contribution in [3.8, 4) is 5.75 Å². The molecule has 0 fully saturated rings. The Bertz CT molecular complexity index is 2080. The maximum atomic E-state index is 13.3. The number of aromatic nitrogens is 1. The maximum Gasteiger partial charge on any atom is 0.200 e. The summed E-state index contributed by atoms with van der Waals surface area (Å²) in [7, 11) is 3.93. The van der Waals surface area contributed by atoms with Crippen LogP contribution in [0.15, 0.2) is 106 Å². The van der Waals surface area contributed by atoms with Gasteiger partial charge in [-0.3, -0.25) is 14.6 Å². The molecule has 0 atom stereocenters. The first-order chi connectivity index (χ1) is 24.2. The van der Waals surface area contributed by atoms with Gasteiger partial charge in [-0.05, 0) is 98.1 Å². The van der Waals surface area contributed by atoms with Gasteiger partial charge in [0.15, 0.2) is 17.1 Å². The van der Waals surface area contributed by atoms with Crippen LogP contribution in [0.3, 0.4) is 0 Å². The molecule has 2 aromatic heterocycles. The van der Waals surface area contributed by atoms with Gasteiger partial charge in [0.25, 0.3) is 0 Å². The fraction of sp³-hybridized carbons (Fsp3) is 0.244. The standard InChI is InChI=1S/C33H32N2O5.C8H10O2/c1-21-16-28-32(38)27-13-10-24(18-29(27)40-33(28)30(17-21)39-15-14-35(2)3)31(37)25-9-12-26(34-19-25)11-8-22-4-6-23(20-36)7-5-22;9-5-7-1-2-8(6-10)4-3-7/h4-7,9-10,12-13,16-19,36H,8,11,14-15,20H2,1-3H3;1-4,9-10H,5-6H2. The average Bonchev–Trinajstić information content (AvgIpc) is 3.14. The first-order valence-corrected chi connectivity index (χ1v) is 16.5. The minimum atomic E-state index is -0.199. The zero-order chi connectivity index (χ0) is 35.6. The third-order valence-electron chi connectivity index (χ3n) is 8.29. The molecule has 9 heteroatoms. The molecular weight excluding hydrogens is 632 g/mol. The van der Waals surface area contributed by atoms with Crippen LogP contribution in [0, 0.1) is 6.92 Å². The summed E-state index contributed by atoms with van der Waals surface area (Å²) in [4.78, 5) is 33.1. The molecular formula is C41H42N2O7. The molecule has 0 aliphatic rings. The first-order valence-electron chi connectivity index (χ1n) is 16.5. The summed E-state index contributed by atoms with van der Waals surface area (Å²) in [6.45, 7) is 3.24.